The Bertz CT molecular complexity index is 1940. The summed E-state index contributed by atoms with van der Waals surface area (Å²) in [5, 5.41) is 8.89. The Morgan fingerprint density at radius 1 is 1.00 bits per heavy atom. The molecule has 48 heavy (non-hydrogen) atoms. The summed E-state index contributed by atoms with van der Waals surface area (Å²) >= 11 is 10.8. The molecule has 1 aromatic heterocycles. The Balaban J connectivity index is 1.65. The zero-order valence-electron chi connectivity index (χ0n) is 26.7. The summed E-state index contributed by atoms with van der Waals surface area (Å²) < 4.78 is 85.0. The van der Waals surface area contributed by atoms with Crippen molar-refractivity contribution < 1.29 is 31.3 Å². The molecule has 0 saturated heterocycles. The van der Waals surface area contributed by atoms with Crippen LogP contribution in [-0.2, 0) is 42.2 Å². The molecule has 0 radical (unpaired) electrons. The SMILES string of the molecule is CCc1cccc(CC)c1-n1nc2c(c1-c1cc(F)c(NC(=O)NP(=O)(Cl)Cl)cc1F)CN(Cc1ccc(C(F)(F)F)cc1C)C2(C)C. The van der Waals surface area contributed by atoms with E-state index >= 15 is 8.78 Å². The van der Waals surface area contributed by atoms with Crippen molar-refractivity contribution in [3.63, 3.8) is 0 Å². The topological polar surface area (TPSA) is 79.3 Å². The number of nitrogens with zero attached hydrogens (tertiary/aromatic N) is 3. The number of fused-ring (bicyclic) bond motifs is 1. The van der Waals surface area contributed by atoms with Gasteiger partial charge in [0, 0.05) is 30.3 Å². The average Bonchev–Trinajstić information content (AvgIpc) is 3.47. The first-order valence-corrected chi connectivity index (χ1v) is 18.6. The molecule has 2 heterocycles. The van der Waals surface area contributed by atoms with Crippen molar-refractivity contribution in [3.8, 4) is 16.9 Å². The zero-order valence-corrected chi connectivity index (χ0v) is 29.1. The van der Waals surface area contributed by atoms with Crippen molar-refractivity contribution in [1.29, 1.82) is 0 Å². The molecule has 2 N–H and O–H groups in total. The minimum absolute atomic E-state index is 0.121. The number of aryl methyl sites for hydroxylation is 3. The summed E-state index contributed by atoms with van der Waals surface area (Å²) in [5.74, 6) is -5.92. The summed E-state index contributed by atoms with van der Waals surface area (Å²) in [7, 11) is 0. The molecule has 2 amide bonds. The zero-order chi connectivity index (χ0) is 35.3. The maximum Gasteiger partial charge on any atom is 0.416 e. The normalized spacial score (nSPS) is 14.7. The molecule has 0 atom stereocenters. The van der Waals surface area contributed by atoms with Gasteiger partial charge in [-0.15, -0.1) is 0 Å². The first-order chi connectivity index (χ1) is 22.3. The van der Waals surface area contributed by atoms with E-state index in [9.17, 15) is 22.5 Å². The van der Waals surface area contributed by atoms with Gasteiger partial charge in [-0.05, 0) is 96.5 Å². The molecule has 1 aliphatic rings. The van der Waals surface area contributed by atoms with Crippen molar-refractivity contribution in [1.82, 2.24) is 19.8 Å². The molecule has 1 aliphatic heterocycles. The van der Waals surface area contributed by atoms with Crippen LogP contribution in [-0.4, -0.2) is 20.7 Å². The number of hydrogen-bond donors (Lipinski definition) is 2. The van der Waals surface area contributed by atoms with Gasteiger partial charge in [-0.25, -0.2) is 18.3 Å². The van der Waals surface area contributed by atoms with E-state index in [0.717, 1.165) is 41.1 Å². The predicted octanol–water partition coefficient (Wildman–Crippen LogP) is 10.2. The van der Waals surface area contributed by atoms with E-state index in [2.05, 4.69) is 5.32 Å². The Morgan fingerprint density at radius 3 is 2.21 bits per heavy atom. The molecule has 256 valence electrons. The van der Waals surface area contributed by atoms with E-state index in [1.54, 1.807) is 16.7 Å². The number of urea groups is 1. The largest absolute Gasteiger partial charge is 0.416 e. The maximum absolute atomic E-state index is 16.1. The van der Waals surface area contributed by atoms with E-state index in [0.29, 0.717) is 40.9 Å². The number of halogens is 7. The van der Waals surface area contributed by atoms with Crippen LogP contribution in [0, 0.1) is 18.6 Å². The van der Waals surface area contributed by atoms with Gasteiger partial charge in [0.1, 0.15) is 11.6 Å². The molecule has 0 bridgehead atoms. The molecule has 7 nitrogen and oxygen atoms in total. The molecule has 0 fully saturated rings. The minimum atomic E-state index is -4.47. The number of alkyl halides is 3. The van der Waals surface area contributed by atoms with E-state index < -0.39 is 46.6 Å². The third-order valence-corrected chi connectivity index (χ3v) is 9.67. The maximum atomic E-state index is 16.1. The second-order valence-corrected chi connectivity index (χ2v) is 16.6. The second-order valence-electron chi connectivity index (χ2n) is 12.1. The fourth-order valence-electron chi connectivity index (χ4n) is 6.16. The molecular formula is C33H33Cl2F5N5O2P. The average molecular weight is 729 g/mol. The van der Waals surface area contributed by atoms with Gasteiger partial charge < -0.3 is 5.32 Å². The quantitative estimate of drug-likeness (QED) is 0.140. The lowest BCUT2D eigenvalue weighted by Gasteiger charge is -2.32. The lowest BCUT2D eigenvalue weighted by molar-refractivity contribution is -0.137. The van der Waals surface area contributed by atoms with E-state index in [-0.39, 0.29) is 18.7 Å². The molecular weight excluding hydrogens is 695 g/mol. The highest BCUT2D eigenvalue weighted by Crippen LogP contribution is 2.52. The van der Waals surface area contributed by atoms with Gasteiger partial charge in [0.05, 0.1) is 33.9 Å². The number of carbonyl (C=O) groups is 1. The number of nitrogens with one attached hydrogen (secondary N) is 2. The lowest BCUT2D eigenvalue weighted by Crippen LogP contribution is -2.36. The van der Waals surface area contributed by atoms with Crippen LogP contribution < -0.4 is 10.4 Å². The Morgan fingerprint density at radius 2 is 1.65 bits per heavy atom. The van der Waals surface area contributed by atoms with E-state index in [1.807, 2.05) is 50.8 Å². The first-order valence-electron chi connectivity index (χ1n) is 15.1. The summed E-state index contributed by atoms with van der Waals surface area (Å²) in [6.45, 7) is 9.97. The van der Waals surface area contributed by atoms with Crippen LogP contribution in [0.25, 0.3) is 16.9 Å². The first kappa shape index (κ1) is 35.9. The third-order valence-electron chi connectivity index (χ3n) is 8.70. The van der Waals surface area contributed by atoms with Gasteiger partial charge in [0.2, 0.25) is 0 Å². The van der Waals surface area contributed by atoms with Crippen molar-refractivity contribution in [2.75, 3.05) is 5.32 Å². The fourth-order valence-corrected chi connectivity index (χ4v) is 6.91. The highest BCUT2D eigenvalue weighted by atomic mass is 35.9. The van der Waals surface area contributed by atoms with Gasteiger partial charge >= 0.3 is 18.2 Å². The van der Waals surface area contributed by atoms with Crippen LogP contribution in [0.1, 0.15) is 66.8 Å². The molecule has 0 saturated carbocycles. The van der Waals surface area contributed by atoms with Gasteiger partial charge in [-0.3, -0.25) is 14.6 Å². The smallest absolute Gasteiger partial charge is 0.305 e. The van der Waals surface area contributed by atoms with Crippen LogP contribution in [0.4, 0.5) is 32.4 Å². The molecule has 0 aliphatic carbocycles. The summed E-state index contributed by atoms with van der Waals surface area (Å²) in [6, 6.07) is 10.0. The summed E-state index contributed by atoms with van der Waals surface area (Å²) in [6.07, 6.45) is -3.20. The van der Waals surface area contributed by atoms with Crippen molar-refractivity contribution >= 4 is 40.2 Å². The molecule has 15 heteroatoms. The van der Waals surface area contributed by atoms with Crippen LogP contribution >= 0.6 is 28.5 Å². The van der Waals surface area contributed by atoms with Crippen molar-refractivity contribution in [2.24, 2.45) is 0 Å². The van der Waals surface area contributed by atoms with Crippen LogP contribution in [0.5, 0.6) is 0 Å². The van der Waals surface area contributed by atoms with E-state index in [1.165, 1.54) is 6.07 Å². The molecule has 5 rings (SSSR count). The number of rotatable bonds is 8. The number of benzene rings is 3. The Labute approximate surface area is 284 Å². The van der Waals surface area contributed by atoms with Gasteiger partial charge in [0.15, 0.2) is 0 Å². The predicted molar refractivity (Wildman–Crippen MR) is 178 cm³/mol. The lowest BCUT2D eigenvalue weighted by atomic mass is 9.97. The van der Waals surface area contributed by atoms with Crippen LogP contribution in [0.15, 0.2) is 48.5 Å². The van der Waals surface area contributed by atoms with Crippen LogP contribution in [0.2, 0.25) is 0 Å². The number of para-hydroxylation sites is 1. The summed E-state index contributed by atoms with van der Waals surface area (Å²) in [4.78, 5) is 14.2. The Kier molecular flexibility index (Phi) is 9.80. The standard InChI is InChI=1S/C33H33Cl2F5N5O2P/c1-6-19-9-8-10-20(7-2)28(19)45-29(23-14-26(37)27(15-25(23)36)41-31(46)43-48(34,35)47)24-17-44(32(4,5)30(24)42-45)16-21-11-12-22(13-18(21)3)33(38,39)40/h8-15H,6-7,16-17H2,1-5H3,(H2,41,43,46,47). The monoisotopic (exact) mass is 727 g/mol. The fraction of sp³-hybridized carbons (Fsp3) is 0.333. The molecule has 3 aromatic carbocycles. The number of aromatic nitrogens is 2. The number of carbonyl (C=O) groups excluding carboxylic acids is 1. The second kappa shape index (κ2) is 13.1. The number of anilines is 1. The minimum Gasteiger partial charge on any atom is -0.305 e. The summed E-state index contributed by atoms with van der Waals surface area (Å²) in [5.41, 5.74) is 3.16. The molecule has 0 spiro atoms. The highest BCUT2D eigenvalue weighted by Gasteiger charge is 2.44. The molecule has 0 unspecified atom stereocenters. The van der Waals surface area contributed by atoms with Gasteiger partial charge in [-0.1, -0.05) is 38.1 Å². The molecule has 4 aromatic rings. The van der Waals surface area contributed by atoms with Crippen LogP contribution in [0.3, 0.4) is 0 Å². The highest BCUT2D eigenvalue weighted by molar-refractivity contribution is 8.07. The third kappa shape index (κ3) is 6.99. The Hall–Kier alpha value is -3.44. The number of amides is 2. The van der Waals surface area contributed by atoms with Crippen molar-refractivity contribution in [2.45, 2.75) is 72.3 Å². The van der Waals surface area contributed by atoms with Gasteiger partial charge in [0.25, 0.3) is 0 Å². The van der Waals surface area contributed by atoms with Crippen molar-refractivity contribution in [3.05, 3.63) is 99.2 Å². The van der Waals surface area contributed by atoms with Gasteiger partial charge in [-0.2, -0.15) is 18.3 Å². The van der Waals surface area contributed by atoms with E-state index in [4.69, 9.17) is 27.6 Å². The number of hydrogen-bond acceptors (Lipinski definition) is 4.